The van der Waals surface area contributed by atoms with Crippen LogP contribution in [0, 0.1) is 11.3 Å². The van der Waals surface area contributed by atoms with E-state index in [9.17, 15) is 0 Å². The van der Waals surface area contributed by atoms with Gasteiger partial charge in [0.25, 0.3) is 0 Å². The molecule has 92 valence electrons. The van der Waals surface area contributed by atoms with E-state index in [-0.39, 0.29) is 11.0 Å². The molecule has 0 N–H and O–H groups in total. The van der Waals surface area contributed by atoms with Crippen molar-refractivity contribution >= 4 is 0 Å². The highest BCUT2D eigenvalue weighted by Crippen LogP contribution is 2.27. The van der Waals surface area contributed by atoms with E-state index in [1.165, 1.54) is 0 Å². The SMILES string of the molecule is CCOCC(COC(C)(C)C)C(C)(C)C. The van der Waals surface area contributed by atoms with Crippen molar-refractivity contribution < 1.29 is 9.47 Å². The number of rotatable bonds is 5. The lowest BCUT2D eigenvalue weighted by atomic mass is 9.81. The van der Waals surface area contributed by atoms with E-state index in [2.05, 4.69) is 41.5 Å². The van der Waals surface area contributed by atoms with E-state index in [0.29, 0.717) is 5.92 Å². The molecule has 0 radical (unpaired) electrons. The average Bonchev–Trinajstić information content (AvgIpc) is 1.99. The maximum Gasteiger partial charge on any atom is 0.0598 e. The standard InChI is InChI=1S/C13H28O2/c1-8-14-9-11(12(2,3)4)10-15-13(5,6)7/h11H,8-10H2,1-7H3. The van der Waals surface area contributed by atoms with Crippen LogP contribution >= 0.6 is 0 Å². The molecule has 0 amide bonds. The molecule has 0 rings (SSSR count). The number of hydrogen-bond acceptors (Lipinski definition) is 2. The Hall–Kier alpha value is -0.0800. The third-order valence-electron chi connectivity index (χ3n) is 2.47. The summed E-state index contributed by atoms with van der Waals surface area (Å²) in [6.07, 6.45) is 0. The molecule has 0 aliphatic rings. The summed E-state index contributed by atoms with van der Waals surface area (Å²) in [6, 6.07) is 0. The monoisotopic (exact) mass is 216 g/mol. The van der Waals surface area contributed by atoms with Crippen LogP contribution in [-0.2, 0) is 9.47 Å². The van der Waals surface area contributed by atoms with Crippen LogP contribution in [0.4, 0.5) is 0 Å². The summed E-state index contributed by atoms with van der Waals surface area (Å²) in [5.41, 5.74) is 0.177. The molecule has 0 spiro atoms. The Morgan fingerprint density at radius 2 is 1.47 bits per heavy atom. The van der Waals surface area contributed by atoms with Crippen LogP contribution in [0.1, 0.15) is 48.5 Å². The van der Waals surface area contributed by atoms with Crippen molar-refractivity contribution in [1.29, 1.82) is 0 Å². The lowest BCUT2D eigenvalue weighted by molar-refractivity contribution is -0.0624. The maximum atomic E-state index is 5.84. The summed E-state index contributed by atoms with van der Waals surface area (Å²) >= 11 is 0. The molecule has 2 nitrogen and oxygen atoms in total. The number of ether oxygens (including phenoxy) is 2. The maximum absolute atomic E-state index is 5.84. The summed E-state index contributed by atoms with van der Waals surface area (Å²) in [6.45, 7) is 17.4. The highest BCUT2D eigenvalue weighted by molar-refractivity contribution is 4.74. The lowest BCUT2D eigenvalue weighted by Crippen LogP contribution is -2.33. The van der Waals surface area contributed by atoms with Gasteiger partial charge in [0.15, 0.2) is 0 Å². The minimum atomic E-state index is -0.0598. The van der Waals surface area contributed by atoms with E-state index >= 15 is 0 Å². The third kappa shape index (κ3) is 7.80. The molecule has 0 aliphatic heterocycles. The van der Waals surface area contributed by atoms with Crippen LogP contribution < -0.4 is 0 Å². The Kier molecular flexibility index (Phi) is 5.82. The molecule has 0 aromatic rings. The fourth-order valence-electron chi connectivity index (χ4n) is 1.16. The zero-order chi connectivity index (χ0) is 12.1. The van der Waals surface area contributed by atoms with Crippen LogP contribution in [0.25, 0.3) is 0 Å². The highest BCUT2D eigenvalue weighted by Gasteiger charge is 2.26. The molecule has 0 saturated heterocycles. The molecule has 0 bridgehead atoms. The average molecular weight is 216 g/mol. The molecule has 0 fully saturated rings. The molecule has 15 heavy (non-hydrogen) atoms. The summed E-state index contributed by atoms with van der Waals surface area (Å²) in [7, 11) is 0. The van der Waals surface area contributed by atoms with Crippen LogP contribution in [0.2, 0.25) is 0 Å². The second kappa shape index (κ2) is 5.86. The van der Waals surface area contributed by atoms with Gasteiger partial charge < -0.3 is 9.47 Å². The summed E-state index contributed by atoms with van der Waals surface area (Å²) in [4.78, 5) is 0. The van der Waals surface area contributed by atoms with Gasteiger partial charge in [-0.3, -0.25) is 0 Å². The molecule has 0 aliphatic carbocycles. The normalized spacial score (nSPS) is 15.4. The number of hydrogen-bond donors (Lipinski definition) is 0. The van der Waals surface area contributed by atoms with E-state index in [1.807, 2.05) is 6.92 Å². The molecule has 0 heterocycles. The zero-order valence-corrected chi connectivity index (χ0v) is 11.5. The van der Waals surface area contributed by atoms with Gasteiger partial charge in [-0.25, -0.2) is 0 Å². The zero-order valence-electron chi connectivity index (χ0n) is 11.5. The molecular weight excluding hydrogens is 188 g/mol. The van der Waals surface area contributed by atoms with Gasteiger partial charge in [0, 0.05) is 12.5 Å². The highest BCUT2D eigenvalue weighted by atomic mass is 16.5. The van der Waals surface area contributed by atoms with Crippen LogP contribution in [0.5, 0.6) is 0 Å². The quantitative estimate of drug-likeness (QED) is 0.700. The van der Waals surface area contributed by atoms with E-state index in [1.54, 1.807) is 0 Å². The van der Waals surface area contributed by atoms with E-state index in [0.717, 1.165) is 19.8 Å². The van der Waals surface area contributed by atoms with Gasteiger partial charge in [0.05, 0.1) is 18.8 Å². The topological polar surface area (TPSA) is 18.5 Å². The Balaban J connectivity index is 4.14. The first-order valence-electron chi connectivity index (χ1n) is 5.88. The van der Waals surface area contributed by atoms with Crippen molar-refractivity contribution in [3.05, 3.63) is 0 Å². The molecule has 0 aromatic heterocycles. The van der Waals surface area contributed by atoms with Crippen molar-refractivity contribution in [2.75, 3.05) is 19.8 Å². The summed E-state index contributed by atoms with van der Waals surface area (Å²) in [5.74, 6) is 0.455. The Bertz CT molecular complexity index is 162. The van der Waals surface area contributed by atoms with Crippen LogP contribution in [0.15, 0.2) is 0 Å². The van der Waals surface area contributed by atoms with Crippen LogP contribution in [0.3, 0.4) is 0 Å². The first-order valence-corrected chi connectivity index (χ1v) is 5.88. The molecule has 0 aromatic carbocycles. The fourth-order valence-corrected chi connectivity index (χ4v) is 1.16. The second-order valence-electron chi connectivity index (χ2n) is 6.15. The van der Waals surface area contributed by atoms with Gasteiger partial charge in [0.2, 0.25) is 0 Å². The minimum absolute atomic E-state index is 0.0598. The third-order valence-corrected chi connectivity index (χ3v) is 2.47. The van der Waals surface area contributed by atoms with Gasteiger partial charge in [0.1, 0.15) is 0 Å². The van der Waals surface area contributed by atoms with Gasteiger partial charge in [-0.1, -0.05) is 20.8 Å². The minimum Gasteiger partial charge on any atom is -0.381 e. The Morgan fingerprint density at radius 3 is 1.80 bits per heavy atom. The lowest BCUT2D eigenvalue weighted by Gasteiger charge is -2.33. The van der Waals surface area contributed by atoms with Crippen molar-refractivity contribution in [2.45, 2.75) is 54.1 Å². The Labute approximate surface area is 95.3 Å². The predicted octanol–water partition coefficient (Wildman–Crippen LogP) is 3.50. The van der Waals surface area contributed by atoms with E-state index < -0.39 is 0 Å². The smallest absolute Gasteiger partial charge is 0.0598 e. The van der Waals surface area contributed by atoms with Crippen molar-refractivity contribution in [2.24, 2.45) is 11.3 Å². The molecule has 1 unspecified atom stereocenters. The first-order chi connectivity index (χ1) is 6.67. The first kappa shape index (κ1) is 14.9. The van der Waals surface area contributed by atoms with E-state index in [4.69, 9.17) is 9.47 Å². The fraction of sp³-hybridized carbons (Fsp3) is 1.00. The van der Waals surface area contributed by atoms with Crippen LogP contribution in [-0.4, -0.2) is 25.4 Å². The van der Waals surface area contributed by atoms with Crippen molar-refractivity contribution in [1.82, 2.24) is 0 Å². The van der Waals surface area contributed by atoms with Gasteiger partial charge in [-0.2, -0.15) is 0 Å². The summed E-state index contributed by atoms with van der Waals surface area (Å²) < 4.78 is 11.3. The molecule has 0 saturated carbocycles. The molecular formula is C13H28O2. The Morgan fingerprint density at radius 1 is 0.933 bits per heavy atom. The van der Waals surface area contributed by atoms with Crippen molar-refractivity contribution in [3.8, 4) is 0 Å². The predicted molar refractivity (Wildman–Crippen MR) is 65.1 cm³/mol. The molecule has 2 heteroatoms. The van der Waals surface area contributed by atoms with Crippen molar-refractivity contribution in [3.63, 3.8) is 0 Å². The van der Waals surface area contributed by atoms with Gasteiger partial charge in [-0.05, 0) is 33.1 Å². The second-order valence-corrected chi connectivity index (χ2v) is 6.15. The van der Waals surface area contributed by atoms with Gasteiger partial charge >= 0.3 is 0 Å². The largest absolute Gasteiger partial charge is 0.381 e. The van der Waals surface area contributed by atoms with Gasteiger partial charge in [-0.15, -0.1) is 0 Å². The molecule has 1 atom stereocenters. The summed E-state index contributed by atoms with van der Waals surface area (Å²) in [5, 5.41) is 0.